The molecular weight excluding hydrogens is 317 g/mol. The molecule has 0 aliphatic rings. The Hall–Kier alpha value is 0.390. The van der Waals surface area contributed by atoms with E-state index >= 15 is 0 Å². The van der Waals surface area contributed by atoms with Gasteiger partial charge in [-0.1, -0.05) is 23.2 Å². The Bertz CT molecular complexity index is 407. The first kappa shape index (κ1) is 17.4. The minimum absolute atomic E-state index is 1.16. The molecule has 0 rings (SSSR count). The van der Waals surface area contributed by atoms with E-state index in [-0.39, 0.29) is 0 Å². The molecule has 0 heterocycles. The Morgan fingerprint density at radius 1 is 1.12 bits per heavy atom. The van der Waals surface area contributed by atoms with E-state index in [4.69, 9.17) is 33.0 Å². The number of rotatable bonds is 3. The Balaban J connectivity index is 5.27. The van der Waals surface area contributed by atoms with Crippen LogP contribution in [0.4, 0.5) is 0 Å². The van der Waals surface area contributed by atoms with Gasteiger partial charge < -0.3 is 19.2 Å². The van der Waals surface area contributed by atoms with Crippen molar-refractivity contribution in [1.82, 2.24) is 0 Å². The minimum Gasteiger partial charge on any atom is -0.389 e. The molecular formula is C6H12Cl2O7P2. The van der Waals surface area contributed by atoms with Gasteiger partial charge in [0.25, 0.3) is 0 Å². The van der Waals surface area contributed by atoms with Crippen molar-refractivity contribution in [3.05, 3.63) is 0 Å². The van der Waals surface area contributed by atoms with Crippen molar-refractivity contribution >= 4 is 44.4 Å². The molecule has 17 heavy (non-hydrogen) atoms. The van der Waals surface area contributed by atoms with Gasteiger partial charge in [0.15, 0.2) is 0 Å². The molecule has 1 atom stereocenters. The van der Waals surface area contributed by atoms with E-state index in [1.165, 1.54) is 20.8 Å². The quantitative estimate of drug-likeness (QED) is 0.535. The van der Waals surface area contributed by atoms with E-state index in [2.05, 4.69) is 4.52 Å². The molecule has 7 nitrogen and oxygen atoms in total. The summed E-state index contributed by atoms with van der Waals surface area (Å²) in [7, 11) is -10.6. The lowest BCUT2D eigenvalue weighted by Crippen LogP contribution is -2.25. The Morgan fingerprint density at radius 3 is 1.71 bits per heavy atom. The molecule has 11 heteroatoms. The van der Waals surface area contributed by atoms with E-state index in [9.17, 15) is 18.8 Å². The summed E-state index contributed by atoms with van der Waals surface area (Å²) in [4.78, 5) is 38.0. The highest BCUT2D eigenvalue weighted by atomic mass is 35.5. The van der Waals surface area contributed by atoms with Crippen LogP contribution >= 0.6 is 38.4 Å². The van der Waals surface area contributed by atoms with Gasteiger partial charge in [-0.15, -0.1) is 0 Å². The normalized spacial score (nSPS) is 17.4. The SMILES string of the molecule is CC(C)(C)C(=O)OP(=O)(O)C(Cl)(Cl)P(=O)(O)O. The zero-order valence-electron chi connectivity index (χ0n) is 9.12. The third-order valence-electron chi connectivity index (χ3n) is 1.51. The standard InChI is InChI=1S/C6H12Cl2O7P2/c1-5(2,3)4(9)15-17(13,14)6(7,8)16(10,11)12/h1-3H3,(H,13,14)(H2,10,11,12). The lowest BCUT2D eigenvalue weighted by Gasteiger charge is -2.27. The van der Waals surface area contributed by atoms with Gasteiger partial charge in [0, 0.05) is 0 Å². The van der Waals surface area contributed by atoms with Crippen molar-refractivity contribution in [2.45, 2.75) is 24.6 Å². The molecule has 0 aliphatic heterocycles. The first-order chi connectivity index (χ1) is 7.13. The van der Waals surface area contributed by atoms with Crippen LogP contribution < -0.4 is 0 Å². The van der Waals surface area contributed by atoms with Crippen LogP contribution in [0.1, 0.15) is 20.8 Å². The van der Waals surface area contributed by atoms with Crippen LogP contribution in [0.2, 0.25) is 0 Å². The minimum atomic E-state index is -5.36. The fourth-order valence-corrected chi connectivity index (χ4v) is 2.72. The fraction of sp³-hybridized carbons (Fsp3) is 0.833. The van der Waals surface area contributed by atoms with Gasteiger partial charge in [-0.3, -0.25) is 9.36 Å². The highest BCUT2D eigenvalue weighted by molar-refractivity contribution is 7.79. The number of alkyl halides is 2. The third kappa shape index (κ3) is 3.93. The molecule has 0 spiro atoms. The molecule has 0 aliphatic carbocycles. The topological polar surface area (TPSA) is 121 Å². The molecule has 0 amide bonds. The molecule has 3 N–H and O–H groups in total. The number of carbonyl (C=O) groups is 1. The van der Waals surface area contributed by atoms with Crippen LogP contribution in [-0.4, -0.2) is 24.5 Å². The summed E-state index contributed by atoms with van der Waals surface area (Å²) < 4.78 is 23.1. The Kier molecular flexibility index (Phi) is 4.93. The van der Waals surface area contributed by atoms with Gasteiger partial charge in [-0.05, 0) is 20.8 Å². The van der Waals surface area contributed by atoms with Crippen molar-refractivity contribution in [2.75, 3.05) is 0 Å². The molecule has 0 fully saturated rings. The lowest BCUT2D eigenvalue weighted by atomic mass is 9.98. The number of hydrogen-bond acceptors (Lipinski definition) is 4. The molecule has 0 radical (unpaired) electrons. The van der Waals surface area contributed by atoms with Crippen LogP contribution in [0, 0.1) is 5.41 Å². The summed E-state index contributed by atoms with van der Waals surface area (Å²) in [5, 5.41) is 0. The van der Waals surface area contributed by atoms with Crippen molar-refractivity contribution < 1.29 is 33.1 Å². The largest absolute Gasteiger partial charge is 0.427 e. The highest BCUT2D eigenvalue weighted by Gasteiger charge is 2.62. The fourth-order valence-electron chi connectivity index (χ4n) is 0.469. The molecule has 0 aromatic heterocycles. The maximum atomic E-state index is 11.5. The van der Waals surface area contributed by atoms with Crippen LogP contribution in [0.5, 0.6) is 0 Å². The second-order valence-electron chi connectivity index (χ2n) is 4.20. The van der Waals surface area contributed by atoms with E-state index in [1.54, 1.807) is 0 Å². The maximum absolute atomic E-state index is 11.5. The zero-order valence-corrected chi connectivity index (χ0v) is 12.4. The molecule has 1 unspecified atom stereocenters. The molecule has 0 bridgehead atoms. The second kappa shape index (κ2) is 4.82. The first-order valence-electron chi connectivity index (χ1n) is 4.13. The van der Waals surface area contributed by atoms with Crippen LogP contribution in [0.25, 0.3) is 0 Å². The van der Waals surface area contributed by atoms with Gasteiger partial charge in [0.1, 0.15) is 0 Å². The van der Waals surface area contributed by atoms with E-state index < -0.39 is 30.4 Å². The van der Waals surface area contributed by atoms with Crippen molar-refractivity contribution in [3.8, 4) is 0 Å². The van der Waals surface area contributed by atoms with Gasteiger partial charge in [0.05, 0.1) is 5.41 Å². The smallest absolute Gasteiger partial charge is 0.389 e. The number of hydrogen-bond donors (Lipinski definition) is 3. The van der Waals surface area contributed by atoms with Crippen molar-refractivity contribution in [1.29, 1.82) is 0 Å². The predicted molar refractivity (Wildman–Crippen MR) is 61.9 cm³/mol. The van der Waals surface area contributed by atoms with Crippen LogP contribution in [0.3, 0.4) is 0 Å². The monoisotopic (exact) mass is 328 g/mol. The number of carbonyl (C=O) groups excluding carboxylic acids is 1. The second-order valence-corrected chi connectivity index (χ2v) is 10.6. The van der Waals surface area contributed by atoms with Gasteiger partial charge >= 0.3 is 25.0 Å². The summed E-state index contributed by atoms with van der Waals surface area (Å²) in [6, 6.07) is 0. The average Bonchev–Trinajstić information content (AvgIpc) is 1.98. The Labute approximate surface area is 108 Å². The zero-order chi connectivity index (χ0) is 14.3. The summed E-state index contributed by atoms with van der Waals surface area (Å²) in [5.41, 5.74) is -1.16. The lowest BCUT2D eigenvalue weighted by molar-refractivity contribution is -0.143. The maximum Gasteiger partial charge on any atom is 0.427 e. The first-order valence-corrected chi connectivity index (χ1v) is 8.08. The molecule has 0 saturated carbocycles. The molecule has 0 aromatic carbocycles. The highest BCUT2D eigenvalue weighted by Crippen LogP contribution is 2.76. The van der Waals surface area contributed by atoms with Crippen LogP contribution in [-0.2, 0) is 18.4 Å². The van der Waals surface area contributed by atoms with Crippen molar-refractivity contribution in [3.63, 3.8) is 0 Å². The number of halogens is 2. The Morgan fingerprint density at radius 2 is 1.47 bits per heavy atom. The summed E-state index contributed by atoms with van der Waals surface area (Å²) in [6.45, 7) is 4.12. The van der Waals surface area contributed by atoms with Gasteiger partial charge in [0.2, 0.25) is 0 Å². The summed E-state index contributed by atoms with van der Waals surface area (Å²) in [6.07, 6.45) is 0. The molecule has 0 aromatic rings. The van der Waals surface area contributed by atoms with E-state index in [0.29, 0.717) is 0 Å². The molecule has 0 saturated heterocycles. The van der Waals surface area contributed by atoms with Gasteiger partial charge in [-0.2, -0.15) is 0 Å². The van der Waals surface area contributed by atoms with Crippen LogP contribution in [0.15, 0.2) is 0 Å². The van der Waals surface area contributed by atoms with Crippen molar-refractivity contribution in [2.24, 2.45) is 5.41 Å². The summed E-state index contributed by atoms with van der Waals surface area (Å²) in [5.74, 6) is -1.16. The van der Waals surface area contributed by atoms with E-state index in [1.807, 2.05) is 0 Å². The average molecular weight is 329 g/mol. The molecule has 102 valence electrons. The van der Waals surface area contributed by atoms with E-state index in [0.717, 1.165) is 0 Å². The third-order valence-corrected chi connectivity index (χ3v) is 7.45. The van der Waals surface area contributed by atoms with Gasteiger partial charge in [-0.25, -0.2) is 4.57 Å². The predicted octanol–water partition coefficient (Wildman–Crippen LogP) is 2.03. The summed E-state index contributed by atoms with van der Waals surface area (Å²) >= 11 is 10.2.